The van der Waals surface area contributed by atoms with Crippen molar-refractivity contribution < 1.29 is 19.0 Å². The maximum Gasteiger partial charge on any atom is 0.227 e. The van der Waals surface area contributed by atoms with Gasteiger partial charge in [0.15, 0.2) is 0 Å². The number of rotatable bonds is 6. The van der Waals surface area contributed by atoms with E-state index in [1.54, 1.807) is 0 Å². The van der Waals surface area contributed by atoms with Crippen LogP contribution < -0.4 is 20.5 Å². The molecule has 1 fully saturated rings. The number of carbonyl (C=O) groups excluding carboxylic acids is 1. The van der Waals surface area contributed by atoms with Gasteiger partial charge in [-0.15, -0.1) is 12.4 Å². The molecule has 3 N–H and O–H groups in total. The van der Waals surface area contributed by atoms with Crippen LogP contribution >= 0.6 is 12.4 Å². The number of ether oxygens (including phenoxy) is 3. The van der Waals surface area contributed by atoms with Crippen LogP contribution in [0, 0.1) is 5.41 Å². The zero-order chi connectivity index (χ0) is 17.9. The molecule has 1 aromatic rings. The van der Waals surface area contributed by atoms with Crippen molar-refractivity contribution in [3.8, 4) is 11.5 Å². The van der Waals surface area contributed by atoms with E-state index in [0.717, 1.165) is 29.0 Å². The van der Waals surface area contributed by atoms with Gasteiger partial charge in [0.2, 0.25) is 5.91 Å². The second-order valence-corrected chi connectivity index (χ2v) is 6.91. The van der Waals surface area contributed by atoms with E-state index in [4.69, 9.17) is 19.9 Å². The summed E-state index contributed by atoms with van der Waals surface area (Å²) in [5.41, 5.74) is 7.49. The van der Waals surface area contributed by atoms with Gasteiger partial charge in [0.1, 0.15) is 17.6 Å². The number of halogens is 1. The summed E-state index contributed by atoms with van der Waals surface area (Å²) in [5.74, 6) is 1.70. The van der Waals surface area contributed by atoms with Gasteiger partial charge in [0.25, 0.3) is 0 Å². The third-order valence-corrected chi connectivity index (χ3v) is 5.14. The van der Waals surface area contributed by atoms with Crippen molar-refractivity contribution in [2.75, 3.05) is 26.4 Å². The molecule has 6 nitrogen and oxygen atoms in total. The van der Waals surface area contributed by atoms with Crippen molar-refractivity contribution >= 4 is 18.3 Å². The van der Waals surface area contributed by atoms with Crippen LogP contribution in [0.5, 0.6) is 11.5 Å². The lowest BCUT2D eigenvalue weighted by Gasteiger charge is -2.34. The monoisotopic (exact) mass is 384 g/mol. The highest BCUT2D eigenvalue weighted by molar-refractivity contribution is 5.85. The van der Waals surface area contributed by atoms with E-state index in [2.05, 4.69) is 12.2 Å². The van der Waals surface area contributed by atoms with E-state index in [-0.39, 0.29) is 24.4 Å². The van der Waals surface area contributed by atoms with Gasteiger partial charge < -0.3 is 25.3 Å². The molecular weight excluding hydrogens is 356 g/mol. The number of carbonyl (C=O) groups is 1. The Kier molecular flexibility index (Phi) is 7.15. The van der Waals surface area contributed by atoms with Crippen LogP contribution in [-0.2, 0) is 22.5 Å². The summed E-state index contributed by atoms with van der Waals surface area (Å²) in [6.07, 6.45) is 2.40. The largest absolute Gasteiger partial charge is 0.494 e. The first-order valence-electron chi connectivity index (χ1n) is 9.09. The molecule has 1 saturated heterocycles. The normalized spacial score (nSPS) is 20.5. The van der Waals surface area contributed by atoms with Gasteiger partial charge in [-0.3, -0.25) is 4.79 Å². The Hall–Kier alpha value is -1.50. The fraction of sp³-hybridized carbons (Fsp3) is 0.632. The number of nitrogens with two attached hydrogens (primary N) is 1. The molecule has 0 spiro atoms. The number of nitrogens with one attached hydrogen (secondary N) is 1. The fourth-order valence-electron chi connectivity index (χ4n) is 3.56. The van der Waals surface area contributed by atoms with Gasteiger partial charge in [-0.1, -0.05) is 0 Å². The summed E-state index contributed by atoms with van der Waals surface area (Å²) in [6.45, 7) is 6.50. The predicted octanol–water partition coefficient (Wildman–Crippen LogP) is 2.20. The molecular formula is C19H29ClN2O4. The predicted molar refractivity (Wildman–Crippen MR) is 102 cm³/mol. The van der Waals surface area contributed by atoms with Crippen LogP contribution in [0.15, 0.2) is 12.1 Å². The van der Waals surface area contributed by atoms with Crippen LogP contribution in [0.2, 0.25) is 0 Å². The maximum atomic E-state index is 12.8. The molecule has 1 atom stereocenters. The highest BCUT2D eigenvalue weighted by Crippen LogP contribution is 2.35. The molecule has 0 saturated carbocycles. The fourth-order valence-corrected chi connectivity index (χ4v) is 3.56. The second-order valence-electron chi connectivity index (χ2n) is 6.91. The summed E-state index contributed by atoms with van der Waals surface area (Å²) in [4.78, 5) is 12.8. The number of amides is 1. The lowest BCUT2D eigenvalue weighted by atomic mass is 9.79. The van der Waals surface area contributed by atoms with Crippen molar-refractivity contribution in [1.29, 1.82) is 0 Å². The Balaban J connectivity index is 0.00000243. The van der Waals surface area contributed by atoms with Gasteiger partial charge in [0.05, 0.1) is 12.0 Å². The third-order valence-electron chi connectivity index (χ3n) is 5.14. The Morgan fingerprint density at radius 3 is 2.77 bits per heavy atom. The minimum atomic E-state index is -0.522. The summed E-state index contributed by atoms with van der Waals surface area (Å²) >= 11 is 0. The molecule has 1 aromatic carbocycles. The van der Waals surface area contributed by atoms with Crippen LogP contribution in [0.25, 0.3) is 0 Å². The highest BCUT2D eigenvalue weighted by Gasteiger charge is 2.38. The van der Waals surface area contributed by atoms with Crippen molar-refractivity contribution in [3.63, 3.8) is 0 Å². The highest BCUT2D eigenvalue weighted by atomic mass is 35.5. The molecule has 2 aliphatic rings. The number of benzene rings is 1. The zero-order valence-corrected chi connectivity index (χ0v) is 16.3. The molecule has 2 aliphatic heterocycles. The molecule has 7 heteroatoms. The lowest BCUT2D eigenvalue weighted by molar-refractivity contribution is -0.136. The first kappa shape index (κ1) is 20.8. The zero-order valence-electron chi connectivity index (χ0n) is 15.5. The van der Waals surface area contributed by atoms with Crippen LogP contribution in [-0.4, -0.2) is 38.4 Å². The van der Waals surface area contributed by atoms with Gasteiger partial charge in [0, 0.05) is 43.9 Å². The first-order valence-corrected chi connectivity index (χ1v) is 9.09. The van der Waals surface area contributed by atoms with E-state index in [9.17, 15) is 4.79 Å². The Bertz CT molecular complexity index is 632. The van der Waals surface area contributed by atoms with Gasteiger partial charge >= 0.3 is 0 Å². The Labute approximate surface area is 161 Å². The maximum absolute atomic E-state index is 12.8. The minimum absolute atomic E-state index is 0. The lowest BCUT2D eigenvalue weighted by Crippen LogP contribution is -2.49. The van der Waals surface area contributed by atoms with Crippen molar-refractivity contribution in [2.45, 2.75) is 45.8 Å². The Morgan fingerprint density at radius 2 is 2.12 bits per heavy atom. The number of hydrogen-bond donors (Lipinski definition) is 2. The molecule has 3 rings (SSSR count). The molecule has 0 radical (unpaired) electrons. The first-order chi connectivity index (χ1) is 12.1. The van der Waals surface area contributed by atoms with Gasteiger partial charge in [-0.05, 0) is 38.8 Å². The number of fused-ring (bicyclic) bond motifs is 1. The minimum Gasteiger partial charge on any atom is -0.494 e. The quantitative estimate of drug-likeness (QED) is 0.785. The molecule has 2 heterocycles. The van der Waals surface area contributed by atoms with Crippen LogP contribution in [0.1, 0.15) is 37.8 Å². The molecule has 1 amide bonds. The second kappa shape index (κ2) is 8.93. The van der Waals surface area contributed by atoms with E-state index in [0.29, 0.717) is 45.8 Å². The third kappa shape index (κ3) is 4.24. The molecule has 1 unspecified atom stereocenters. The molecule has 0 bridgehead atoms. The SMILES string of the molecule is CCOc1cc2c(cc1CNC(=O)C1(CN)CCOCC1)OC(C)C2.Cl. The van der Waals surface area contributed by atoms with Crippen molar-refractivity contribution in [1.82, 2.24) is 5.32 Å². The average molecular weight is 385 g/mol. The van der Waals surface area contributed by atoms with Crippen LogP contribution in [0.4, 0.5) is 0 Å². The molecule has 146 valence electrons. The van der Waals surface area contributed by atoms with E-state index < -0.39 is 5.41 Å². The van der Waals surface area contributed by atoms with Crippen molar-refractivity contribution in [3.05, 3.63) is 23.3 Å². The van der Waals surface area contributed by atoms with Crippen LogP contribution in [0.3, 0.4) is 0 Å². The summed E-state index contributed by atoms with van der Waals surface area (Å²) in [6, 6.07) is 4.03. The summed E-state index contributed by atoms with van der Waals surface area (Å²) in [5, 5.41) is 3.05. The summed E-state index contributed by atoms with van der Waals surface area (Å²) < 4.78 is 17.0. The van der Waals surface area contributed by atoms with Crippen molar-refractivity contribution in [2.24, 2.45) is 11.1 Å². The van der Waals surface area contributed by atoms with Gasteiger partial charge in [-0.25, -0.2) is 0 Å². The molecule has 0 aromatic heterocycles. The smallest absolute Gasteiger partial charge is 0.227 e. The van der Waals surface area contributed by atoms with E-state index in [1.807, 2.05) is 19.1 Å². The van der Waals surface area contributed by atoms with Gasteiger partial charge in [-0.2, -0.15) is 0 Å². The Morgan fingerprint density at radius 1 is 1.38 bits per heavy atom. The topological polar surface area (TPSA) is 82.8 Å². The van der Waals surface area contributed by atoms with E-state index in [1.165, 1.54) is 0 Å². The standard InChI is InChI=1S/C19H28N2O4.ClH/c1-3-24-16-9-14-8-13(2)25-17(14)10-15(16)11-21-18(22)19(12-20)4-6-23-7-5-19;/h9-10,13H,3-8,11-12,20H2,1-2H3,(H,21,22);1H. The summed E-state index contributed by atoms with van der Waals surface area (Å²) in [7, 11) is 0. The molecule has 0 aliphatic carbocycles. The molecule has 26 heavy (non-hydrogen) atoms. The van der Waals surface area contributed by atoms with E-state index >= 15 is 0 Å². The number of hydrogen-bond acceptors (Lipinski definition) is 5. The average Bonchev–Trinajstić information content (AvgIpc) is 2.99.